The molecule has 0 spiro atoms. The minimum absolute atomic E-state index is 0. The molecule has 0 aliphatic carbocycles. The van der Waals surface area contributed by atoms with Crippen molar-refractivity contribution in [2.75, 3.05) is 13.1 Å². The van der Waals surface area contributed by atoms with E-state index in [1.165, 1.54) is 32.4 Å². The van der Waals surface area contributed by atoms with E-state index in [1.54, 1.807) is 0 Å². The predicted octanol–water partition coefficient (Wildman–Crippen LogP) is -8.36. The number of carboxylic acid groups (broad SMARTS) is 2. The summed E-state index contributed by atoms with van der Waals surface area (Å²) in [6.45, 7) is 2.50. The van der Waals surface area contributed by atoms with Crippen LogP contribution in [0, 0.1) is 0 Å². The molecule has 1 aliphatic rings. The molecule has 1 N–H and O–H groups in total. The fourth-order valence-corrected chi connectivity index (χ4v) is 0.920. The second kappa shape index (κ2) is 16.2. The average Bonchev–Trinajstić information content (AvgIpc) is 2.06. The molecule has 0 aromatic rings. The van der Waals surface area contributed by atoms with Crippen LogP contribution in [0.1, 0.15) is 25.7 Å². The zero-order chi connectivity index (χ0) is 10.1. The second-order valence-corrected chi connectivity index (χ2v) is 2.73. The van der Waals surface area contributed by atoms with E-state index in [4.69, 9.17) is 0 Å². The summed E-state index contributed by atoms with van der Waals surface area (Å²) in [5.74, 6) is -3.25. The number of aliphatic carboxylic acids is 2. The Kier molecular flexibility index (Phi) is 24.1. The standard InChI is InChI=1S/C5H11N.C3H4O4.2K/c1-2-4-6-5-3-1;4-2(5)1-3(6)7;;/h6H,1-5H2;1H2,(H,4,5)(H,6,7);;/q;;2*+1/p-2. The van der Waals surface area contributed by atoms with Gasteiger partial charge < -0.3 is 25.1 Å². The van der Waals surface area contributed by atoms with Gasteiger partial charge in [0, 0.05) is 18.4 Å². The van der Waals surface area contributed by atoms with E-state index in [2.05, 4.69) is 5.32 Å². The van der Waals surface area contributed by atoms with Gasteiger partial charge in [-0.3, -0.25) is 0 Å². The van der Waals surface area contributed by atoms with Crippen molar-refractivity contribution in [3.05, 3.63) is 0 Å². The Morgan fingerprint density at radius 3 is 1.40 bits per heavy atom. The number of rotatable bonds is 2. The first-order chi connectivity index (χ1) is 6.13. The van der Waals surface area contributed by atoms with Crippen molar-refractivity contribution in [3.63, 3.8) is 0 Å². The third-order valence-corrected chi connectivity index (χ3v) is 1.50. The molecule has 0 bridgehead atoms. The summed E-state index contributed by atoms with van der Waals surface area (Å²) >= 11 is 0. The molecule has 1 heterocycles. The Labute approximate surface area is 175 Å². The number of carbonyl (C=O) groups is 2. The van der Waals surface area contributed by atoms with Crippen molar-refractivity contribution in [1.29, 1.82) is 0 Å². The molecule has 15 heavy (non-hydrogen) atoms. The van der Waals surface area contributed by atoms with Gasteiger partial charge in [-0.25, -0.2) is 0 Å². The summed E-state index contributed by atoms with van der Waals surface area (Å²) in [6.07, 6.45) is 3.19. The molecule has 0 saturated carbocycles. The largest absolute Gasteiger partial charge is 1.00 e. The van der Waals surface area contributed by atoms with Crippen molar-refractivity contribution in [2.24, 2.45) is 0 Å². The fourth-order valence-electron chi connectivity index (χ4n) is 0.920. The van der Waals surface area contributed by atoms with Crippen LogP contribution >= 0.6 is 0 Å². The number of hydrogen-bond acceptors (Lipinski definition) is 5. The molecule has 1 fully saturated rings. The first-order valence-electron chi connectivity index (χ1n) is 4.23. The van der Waals surface area contributed by atoms with Gasteiger partial charge in [-0.1, -0.05) is 6.42 Å². The van der Waals surface area contributed by atoms with Crippen LogP contribution in [-0.4, -0.2) is 25.0 Å². The Bertz CT molecular complexity index is 151. The van der Waals surface area contributed by atoms with Crippen molar-refractivity contribution in [2.45, 2.75) is 25.7 Å². The van der Waals surface area contributed by atoms with Crippen LogP contribution < -0.4 is 118 Å². The molecular formula is C8H13K2NO4. The molecule has 0 unspecified atom stereocenters. The van der Waals surface area contributed by atoms with E-state index >= 15 is 0 Å². The van der Waals surface area contributed by atoms with Gasteiger partial charge in [0.25, 0.3) is 0 Å². The van der Waals surface area contributed by atoms with Gasteiger partial charge in [-0.15, -0.1) is 0 Å². The van der Waals surface area contributed by atoms with Gasteiger partial charge in [0.2, 0.25) is 0 Å². The van der Waals surface area contributed by atoms with Crippen LogP contribution in [0.4, 0.5) is 0 Å². The van der Waals surface area contributed by atoms with E-state index in [0.717, 1.165) is 0 Å². The first kappa shape index (κ1) is 22.4. The normalized spacial score (nSPS) is 13.3. The van der Waals surface area contributed by atoms with Crippen LogP contribution in [0.5, 0.6) is 0 Å². The number of carboxylic acids is 2. The molecule has 0 radical (unpaired) electrons. The van der Waals surface area contributed by atoms with Gasteiger partial charge in [0.05, 0.1) is 0 Å². The van der Waals surface area contributed by atoms with Crippen LogP contribution in [0.3, 0.4) is 0 Å². The molecule has 1 saturated heterocycles. The van der Waals surface area contributed by atoms with Crippen LogP contribution in [0.25, 0.3) is 0 Å². The summed E-state index contributed by atoms with van der Waals surface area (Å²) < 4.78 is 0. The van der Waals surface area contributed by atoms with E-state index in [-0.39, 0.29) is 103 Å². The quantitative estimate of drug-likeness (QED) is 0.395. The summed E-state index contributed by atoms with van der Waals surface area (Å²) in [5, 5.41) is 21.8. The number of piperidine rings is 1. The molecule has 7 heteroatoms. The van der Waals surface area contributed by atoms with Crippen molar-refractivity contribution >= 4 is 11.9 Å². The maximum Gasteiger partial charge on any atom is 1.00 e. The summed E-state index contributed by atoms with van der Waals surface area (Å²) in [7, 11) is 0. The summed E-state index contributed by atoms with van der Waals surface area (Å²) in [4.78, 5) is 18.6. The van der Waals surface area contributed by atoms with Crippen molar-refractivity contribution < 1.29 is 123 Å². The Hall–Kier alpha value is 2.17. The SMILES string of the molecule is C1CCNCC1.O=C([O-])CC(=O)[O-].[K+].[K+]. The van der Waals surface area contributed by atoms with Crippen LogP contribution in [0.15, 0.2) is 0 Å². The zero-order valence-electron chi connectivity index (χ0n) is 9.38. The molecule has 5 nitrogen and oxygen atoms in total. The number of carbonyl (C=O) groups excluding carboxylic acids is 2. The van der Waals surface area contributed by atoms with E-state index in [9.17, 15) is 19.8 Å². The van der Waals surface area contributed by atoms with Gasteiger partial charge in [0.15, 0.2) is 0 Å². The van der Waals surface area contributed by atoms with Gasteiger partial charge in [0.1, 0.15) is 0 Å². The maximum atomic E-state index is 9.28. The Balaban J connectivity index is -0.000000170. The average molecular weight is 265 g/mol. The number of hydrogen-bond donors (Lipinski definition) is 1. The van der Waals surface area contributed by atoms with Crippen LogP contribution in [-0.2, 0) is 9.59 Å². The van der Waals surface area contributed by atoms with Crippen molar-refractivity contribution in [3.8, 4) is 0 Å². The minimum Gasteiger partial charge on any atom is -0.550 e. The van der Waals surface area contributed by atoms with Gasteiger partial charge in [-0.2, -0.15) is 0 Å². The fraction of sp³-hybridized carbons (Fsp3) is 0.750. The monoisotopic (exact) mass is 265 g/mol. The molecule has 76 valence electrons. The van der Waals surface area contributed by atoms with Gasteiger partial charge >= 0.3 is 103 Å². The maximum absolute atomic E-state index is 9.28. The minimum atomic E-state index is -1.63. The first-order valence-corrected chi connectivity index (χ1v) is 4.23. The van der Waals surface area contributed by atoms with Crippen molar-refractivity contribution in [1.82, 2.24) is 5.32 Å². The smallest absolute Gasteiger partial charge is 0.550 e. The third-order valence-electron chi connectivity index (χ3n) is 1.50. The van der Waals surface area contributed by atoms with E-state index < -0.39 is 18.4 Å². The second-order valence-electron chi connectivity index (χ2n) is 2.73. The zero-order valence-corrected chi connectivity index (χ0v) is 15.6. The number of nitrogens with one attached hydrogen (secondary N) is 1. The predicted molar refractivity (Wildman–Crippen MR) is 41.4 cm³/mol. The molecular weight excluding hydrogens is 252 g/mol. The molecule has 0 aromatic carbocycles. The molecule has 0 atom stereocenters. The summed E-state index contributed by atoms with van der Waals surface area (Å²) in [5.41, 5.74) is 0. The third kappa shape index (κ3) is 21.9. The Morgan fingerprint density at radius 1 is 0.933 bits per heavy atom. The van der Waals surface area contributed by atoms with E-state index in [0.29, 0.717) is 0 Å². The summed E-state index contributed by atoms with van der Waals surface area (Å²) in [6, 6.07) is 0. The molecule has 0 aromatic heterocycles. The molecule has 0 amide bonds. The van der Waals surface area contributed by atoms with Crippen LogP contribution in [0.2, 0.25) is 0 Å². The molecule has 1 aliphatic heterocycles. The van der Waals surface area contributed by atoms with E-state index in [1.807, 2.05) is 0 Å². The molecule has 1 rings (SSSR count). The Morgan fingerprint density at radius 2 is 1.33 bits per heavy atom. The topological polar surface area (TPSA) is 92.3 Å². The van der Waals surface area contributed by atoms with Gasteiger partial charge in [-0.05, 0) is 25.9 Å².